The standard InChI is InChI=1S/C7H11N5O3S3/c1-4(13)9-6-10-11-7(17-6)18(14,15)12(2)3-5(8)16/h3H2,1-2H3,(H2,8,16)(H,9,10,13). The maximum atomic E-state index is 12.0. The number of rotatable bonds is 5. The highest BCUT2D eigenvalue weighted by atomic mass is 32.2. The van der Waals surface area contributed by atoms with Gasteiger partial charge in [0, 0.05) is 14.0 Å². The first-order chi connectivity index (χ1) is 8.23. The fraction of sp³-hybridized carbons (Fsp3) is 0.429. The van der Waals surface area contributed by atoms with E-state index in [4.69, 9.17) is 5.73 Å². The molecule has 3 N–H and O–H groups in total. The molecule has 0 bridgehead atoms. The zero-order valence-electron chi connectivity index (χ0n) is 9.58. The number of hydrogen-bond acceptors (Lipinski definition) is 7. The molecular weight excluding hydrogens is 298 g/mol. The first kappa shape index (κ1) is 14.9. The number of nitrogens with two attached hydrogens (primary N) is 1. The van der Waals surface area contributed by atoms with E-state index in [1.54, 1.807) is 0 Å². The third kappa shape index (κ3) is 3.66. The third-order valence-electron chi connectivity index (χ3n) is 1.70. The smallest absolute Gasteiger partial charge is 0.272 e. The van der Waals surface area contributed by atoms with Crippen LogP contribution in [0.15, 0.2) is 4.34 Å². The van der Waals surface area contributed by atoms with E-state index in [1.807, 2.05) is 0 Å². The van der Waals surface area contributed by atoms with Crippen molar-refractivity contribution in [2.45, 2.75) is 11.3 Å². The third-order valence-corrected chi connectivity index (χ3v) is 4.82. The highest BCUT2D eigenvalue weighted by Crippen LogP contribution is 2.22. The predicted molar refractivity (Wildman–Crippen MR) is 70.8 cm³/mol. The number of anilines is 1. The molecule has 0 spiro atoms. The second-order valence-electron chi connectivity index (χ2n) is 3.28. The summed E-state index contributed by atoms with van der Waals surface area (Å²) in [7, 11) is -2.46. The Balaban J connectivity index is 2.95. The first-order valence-electron chi connectivity index (χ1n) is 4.59. The van der Waals surface area contributed by atoms with Crippen molar-refractivity contribution in [2.24, 2.45) is 5.73 Å². The monoisotopic (exact) mass is 309 g/mol. The number of likely N-dealkylation sites (N-methyl/N-ethyl adjacent to an activating group) is 1. The van der Waals surface area contributed by atoms with Crippen molar-refractivity contribution in [3.05, 3.63) is 0 Å². The minimum atomic E-state index is -3.79. The van der Waals surface area contributed by atoms with Crippen LogP contribution in [0.1, 0.15) is 6.92 Å². The molecule has 1 aromatic heterocycles. The minimum Gasteiger partial charge on any atom is -0.392 e. The van der Waals surface area contributed by atoms with Gasteiger partial charge in [-0.1, -0.05) is 23.6 Å². The van der Waals surface area contributed by atoms with Gasteiger partial charge < -0.3 is 11.1 Å². The van der Waals surface area contributed by atoms with Crippen molar-refractivity contribution in [1.29, 1.82) is 0 Å². The Morgan fingerprint density at radius 1 is 1.56 bits per heavy atom. The molecule has 0 saturated heterocycles. The molecule has 0 saturated carbocycles. The van der Waals surface area contributed by atoms with Crippen LogP contribution in [-0.2, 0) is 14.8 Å². The average Bonchev–Trinajstić information content (AvgIpc) is 2.64. The number of aromatic nitrogens is 2. The van der Waals surface area contributed by atoms with Gasteiger partial charge in [0.1, 0.15) is 0 Å². The van der Waals surface area contributed by atoms with Crippen molar-refractivity contribution in [2.75, 3.05) is 18.9 Å². The zero-order valence-corrected chi connectivity index (χ0v) is 12.0. The fourth-order valence-electron chi connectivity index (χ4n) is 0.953. The molecule has 0 aliphatic heterocycles. The van der Waals surface area contributed by atoms with E-state index in [0.717, 1.165) is 15.6 Å². The summed E-state index contributed by atoms with van der Waals surface area (Å²) in [6.45, 7) is 1.20. The number of sulfonamides is 1. The summed E-state index contributed by atoms with van der Waals surface area (Å²) in [4.78, 5) is 10.8. The normalized spacial score (nSPS) is 11.5. The molecule has 0 aliphatic carbocycles. The molecule has 0 atom stereocenters. The molecule has 100 valence electrons. The molecule has 0 aliphatic rings. The van der Waals surface area contributed by atoms with Crippen LogP contribution in [0.4, 0.5) is 5.13 Å². The van der Waals surface area contributed by atoms with Crippen LogP contribution >= 0.6 is 23.6 Å². The van der Waals surface area contributed by atoms with Crippen LogP contribution in [0.2, 0.25) is 0 Å². The van der Waals surface area contributed by atoms with E-state index >= 15 is 0 Å². The van der Waals surface area contributed by atoms with E-state index in [1.165, 1.54) is 14.0 Å². The largest absolute Gasteiger partial charge is 0.392 e. The van der Waals surface area contributed by atoms with Crippen LogP contribution < -0.4 is 11.1 Å². The molecule has 11 heteroatoms. The highest BCUT2D eigenvalue weighted by molar-refractivity contribution is 7.91. The van der Waals surface area contributed by atoms with Crippen molar-refractivity contribution >= 4 is 49.6 Å². The topological polar surface area (TPSA) is 118 Å². The molecule has 8 nitrogen and oxygen atoms in total. The number of amides is 1. The van der Waals surface area contributed by atoms with Crippen LogP contribution in [-0.4, -0.2) is 47.4 Å². The summed E-state index contributed by atoms with van der Waals surface area (Å²) in [5.74, 6) is -0.355. The maximum Gasteiger partial charge on any atom is 0.272 e. The van der Waals surface area contributed by atoms with Crippen LogP contribution in [0.25, 0.3) is 0 Å². The SMILES string of the molecule is CC(=O)Nc1nnc(S(=O)(=O)N(C)CC(N)=S)s1. The predicted octanol–water partition coefficient (Wildman–Crippen LogP) is -0.597. The Kier molecular flexibility index (Phi) is 4.67. The van der Waals surface area contributed by atoms with Crippen LogP contribution in [0.3, 0.4) is 0 Å². The molecule has 0 aromatic carbocycles. The average molecular weight is 309 g/mol. The fourth-order valence-corrected chi connectivity index (χ4v) is 3.51. The van der Waals surface area contributed by atoms with E-state index in [-0.39, 0.29) is 26.9 Å². The lowest BCUT2D eigenvalue weighted by atomic mass is 10.7. The number of thiocarbonyl (C=S) groups is 1. The lowest BCUT2D eigenvalue weighted by molar-refractivity contribution is -0.114. The Bertz CT molecular complexity index is 567. The van der Waals surface area contributed by atoms with Gasteiger partial charge in [0.2, 0.25) is 15.4 Å². The number of nitrogens with zero attached hydrogens (tertiary/aromatic N) is 3. The highest BCUT2D eigenvalue weighted by Gasteiger charge is 2.26. The van der Waals surface area contributed by atoms with Gasteiger partial charge in [-0.2, -0.15) is 4.31 Å². The minimum absolute atomic E-state index is 0.0488. The second-order valence-corrected chi connectivity index (χ2v) is 7.00. The lowest BCUT2D eigenvalue weighted by Gasteiger charge is -2.13. The quantitative estimate of drug-likeness (QED) is 0.551. The number of carbonyl (C=O) groups excluding carboxylic acids is 1. The summed E-state index contributed by atoms with van der Waals surface area (Å²) in [5.41, 5.74) is 5.27. The molecule has 1 amide bonds. The second kappa shape index (κ2) is 5.65. The van der Waals surface area contributed by atoms with Gasteiger partial charge >= 0.3 is 0 Å². The maximum absolute atomic E-state index is 12.0. The van der Waals surface area contributed by atoms with E-state index in [9.17, 15) is 13.2 Å². The lowest BCUT2D eigenvalue weighted by Crippen LogP contribution is -2.34. The Morgan fingerprint density at radius 2 is 2.17 bits per heavy atom. The zero-order chi connectivity index (χ0) is 13.9. The van der Waals surface area contributed by atoms with Gasteiger partial charge in [0.15, 0.2) is 0 Å². The molecule has 1 aromatic rings. The Labute approximate surface area is 113 Å². The summed E-state index contributed by atoms with van der Waals surface area (Å²) in [5, 5.41) is 9.53. The van der Waals surface area contributed by atoms with Crippen molar-refractivity contribution < 1.29 is 13.2 Å². The number of nitrogens with one attached hydrogen (secondary N) is 1. The summed E-state index contributed by atoms with van der Waals surface area (Å²) in [6, 6.07) is 0. The molecule has 0 radical (unpaired) electrons. The molecular formula is C7H11N5O3S3. The van der Waals surface area contributed by atoms with Crippen molar-refractivity contribution in [3.63, 3.8) is 0 Å². The van der Waals surface area contributed by atoms with Gasteiger partial charge in [-0.15, -0.1) is 10.2 Å². The van der Waals surface area contributed by atoms with Crippen molar-refractivity contribution in [1.82, 2.24) is 14.5 Å². The van der Waals surface area contributed by atoms with Gasteiger partial charge in [0.05, 0.1) is 11.5 Å². The van der Waals surface area contributed by atoms with Crippen LogP contribution in [0, 0.1) is 0 Å². The van der Waals surface area contributed by atoms with E-state index < -0.39 is 10.0 Å². The van der Waals surface area contributed by atoms with Gasteiger partial charge in [-0.25, -0.2) is 8.42 Å². The molecule has 1 heterocycles. The van der Waals surface area contributed by atoms with E-state index in [0.29, 0.717) is 0 Å². The van der Waals surface area contributed by atoms with Gasteiger partial charge in [-0.3, -0.25) is 4.79 Å². The molecule has 0 unspecified atom stereocenters. The summed E-state index contributed by atoms with van der Waals surface area (Å²) in [6.07, 6.45) is 0. The Morgan fingerprint density at radius 3 is 2.67 bits per heavy atom. The van der Waals surface area contributed by atoms with Gasteiger partial charge in [-0.05, 0) is 0 Å². The number of hydrogen-bond donors (Lipinski definition) is 2. The molecule has 1 rings (SSSR count). The van der Waals surface area contributed by atoms with Crippen molar-refractivity contribution in [3.8, 4) is 0 Å². The van der Waals surface area contributed by atoms with Gasteiger partial charge in [0.25, 0.3) is 10.0 Å². The number of carbonyl (C=O) groups is 1. The summed E-state index contributed by atoms with van der Waals surface area (Å²) < 4.78 is 24.7. The summed E-state index contributed by atoms with van der Waals surface area (Å²) >= 11 is 5.39. The molecule has 18 heavy (non-hydrogen) atoms. The first-order valence-corrected chi connectivity index (χ1v) is 7.25. The van der Waals surface area contributed by atoms with Crippen LogP contribution in [0.5, 0.6) is 0 Å². The molecule has 0 fully saturated rings. The Hall–Kier alpha value is -1.17. The van der Waals surface area contributed by atoms with E-state index in [2.05, 4.69) is 27.7 Å².